The van der Waals surface area contributed by atoms with Crippen LogP contribution in [0.25, 0.3) is 0 Å². The topological polar surface area (TPSA) is 130 Å². The average Bonchev–Trinajstić information content (AvgIpc) is 3.65. The van der Waals surface area contributed by atoms with Gasteiger partial charge in [-0.25, -0.2) is 0 Å². The first kappa shape index (κ1) is 31.9. The molecule has 2 aromatic rings. The van der Waals surface area contributed by atoms with Crippen molar-refractivity contribution in [3.8, 4) is 5.75 Å². The van der Waals surface area contributed by atoms with Crippen LogP contribution in [0, 0.1) is 11.8 Å². The molecule has 2 aromatic carbocycles. The average molecular weight is 686 g/mol. The van der Waals surface area contributed by atoms with E-state index in [1.54, 1.807) is 24.3 Å². The molecule has 0 aliphatic carbocycles. The van der Waals surface area contributed by atoms with Crippen molar-refractivity contribution in [3.05, 3.63) is 60.2 Å². The molecule has 4 saturated heterocycles. The summed E-state index contributed by atoms with van der Waals surface area (Å²) in [5.41, 5.74) is 0.284. The number of nitrogens with one attached hydrogen (secondary N) is 2. The number of morpholine rings is 1. The second kappa shape index (κ2) is 13.8. The molecule has 242 valence electrons. The number of rotatable bonds is 12. The number of aliphatic hydroxyl groups is 1. The summed E-state index contributed by atoms with van der Waals surface area (Å²) in [5.74, 6) is -2.03. The third kappa shape index (κ3) is 6.23. The van der Waals surface area contributed by atoms with Gasteiger partial charge in [0.25, 0.3) is 0 Å². The first-order valence-corrected chi connectivity index (χ1v) is 16.7. The van der Waals surface area contributed by atoms with Gasteiger partial charge in [-0.3, -0.25) is 19.3 Å². The lowest BCUT2D eigenvalue weighted by molar-refractivity contribution is -0.145. The molecule has 2 bridgehead atoms. The van der Waals surface area contributed by atoms with Crippen molar-refractivity contribution in [2.75, 3.05) is 57.9 Å². The van der Waals surface area contributed by atoms with Gasteiger partial charge in [-0.2, -0.15) is 0 Å². The highest BCUT2D eigenvalue weighted by Gasteiger charge is 2.77. The Morgan fingerprint density at radius 3 is 2.53 bits per heavy atom. The minimum atomic E-state index is -1.22. The molecule has 3 N–H and O–H groups in total. The highest BCUT2D eigenvalue weighted by atomic mass is 79.9. The zero-order valence-electron chi connectivity index (χ0n) is 25.4. The number of fused-ring (bicyclic) bond motifs is 1. The van der Waals surface area contributed by atoms with E-state index in [-0.39, 0.29) is 29.2 Å². The predicted octanol–water partition coefficient (Wildman–Crippen LogP) is 1.82. The van der Waals surface area contributed by atoms with Crippen molar-refractivity contribution in [3.63, 3.8) is 0 Å². The highest BCUT2D eigenvalue weighted by Crippen LogP contribution is 2.60. The fraction of sp³-hybridized carbons (Fsp3) is 0.545. The lowest BCUT2D eigenvalue weighted by Gasteiger charge is -2.37. The number of aliphatic hydroxyl groups excluding tert-OH is 1. The van der Waals surface area contributed by atoms with Gasteiger partial charge in [0.15, 0.2) is 0 Å². The summed E-state index contributed by atoms with van der Waals surface area (Å²) >= 11 is 3.73. The number of hydrogen-bond acceptors (Lipinski definition) is 8. The van der Waals surface area contributed by atoms with E-state index in [1.807, 2.05) is 37.3 Å². The van der Waals surface area contributed by atoms with Crippen molar-refractivity contribution in [1.82, 2.24) is 15.1 Å². The van der Waals surface area contributed by atoms with Gasteiger partial charge in [-0.05, 0) is 49.6 Å². The second-order valence-corrected chi connectivity index (χ2v) is 13.3. The zero-order valence-corrected chi connectivity index (χ0v) is 27.0. The maximum absolute atomic E-state index is 14.5. The van der Waals surface area contributed by atoms with Crippen molar-refractivity contribution in [2.45, 2.75) is 48.4 Å². The van der Waals surface area contributed by atoms with E-state index in [0.717, 1.165) is 18.7 Å². The predicted molar refractivity (Wildman–Crippen MR) is 170 cm³/mol. The van der Waals surface area contributed by atoms with Gasteiger partial charge >= 0.3 is 0 Å². The van der Waals surface area contributed by atoms with Gasteiger partial charge < -0.3 is 34.9 Å². The monoisotopic (exact) mass is 684 g/mol. The summed E-state index contributed by atoms with van der Waals surface area (Å²) in [5, 5.41) is 16.7. The van der Waals surface area contributed by atoms with E-state index >= 15 is 0 Å². The fourth-order valence-corrected chi connectivity index (χ4v) is 8.43. The molecular formula is C33H41BrN4O7. The van der Waals surface area contributed by atoms with Crippen LogP contribution in [0.2, 0.25) is 0 Å². The number of amides is 3. The fourth-order valence-electron chi connectivity index (χ4n) is 7.48. The zero-order chi connectivity index (χ0) is 31.6. The third-order valence-corrected chi connectivity index (χ3v) is 10.3. The molecule has 3 amide bonds. The van der Waals surface area contributed by atoms with E-state index in [1.165, 1.54) is 4.90 Å². The lowest BCUT2D eigenvalue weighted by atomic mass is 9.70. The molecule has 7 atom stereocenters. The van der Waals surface area contributed by atoms with E-state index in [4.69, 9.17) is 14.2 Å². The summed E-state index contributed by atoms with van der Waals surface area (Å²) in [4.78, 5) is 46.1. The quantitative estimate of drug-likeness (QED) is 0.289. The van der Waals surface area contributed by atoms with E-state index in [9.17, 15) is 19.5 Å². The maximum Gasteiger partial charge on any atom is 0.245 e. The Balaban J connectivity index is 1.28. The first-order valence-electron chi connectivity index (χ1n) is 15.8. The molecule has 4 heterocycles. The maximum atomic E-state index is 14.5. The Hall–Kier alpha value is -3.03. The number of hydrogen-bond donors (Lipinski definition) is 3. The number of benzene rings is 2. The number of anilines is 1. The van der Waals surface area contributed by atoms with Gasteiger partial charge in [0.1, 0.15) is 17.4 Å². The Kier molecular flexibility index (Phi) is 9.76. The molecule has 4 aliphatic heterocycles. The highest BCUT2D eigenvalue weighted by molar-refractivity contribution is 9.09. The molecule has 3 unspecified atom stereocenters. The molecule has 6 rings (SSSR count). The smallest absolute Gasteiger partial charge is 0.245 e. The van der Waals surface area contributed by atoms with Crippen LogP contribution in [0.3, 0.4) is 0 Å². The molecule has 0 saturated carbocycles. The minimum absolute atomic E-state index is 0.233. The molecule has 4 aliphatic rings. The molecule has 1 spiro atoms. The number of carbonyl (C=O) groups excluding carboxylic acids is 3. The van der Waals surface area contributed by atoms with E-state index in [2.05, 4.69) is 31.5 Å². The van der Waals surface area contributed by atoms with Gasteiger partial charge in [0.05, 0.1) is 50.4 Å². The normalized spacial score (nSPS) is 29.8. The van der Waals surface area contributed by atoms with Gasteiger partial charge in [0.2, 0.25) is 17.7 Å². The van der Waals surface area contributed by atoms with Crippen molar-refractivity contribution in [1.29, 1.82) is 0 Å². The SMILES string of the molecule is CCOc1ccc(NC(=O)[C@H]2[C@@H]3OC4(CC3Br)C(C(=O)NCCN3CCOCC3)N([C@@H](CO)Cc3ccccc3)C(=O)[C@H]24)cc1. The van der Waals surface area contributed by atoms with Gasteiger partial charge in [-0.1, -0.05) is 46.3 Å². The number of ether oxygens (including phenoxy) is 3. The van der Waals surface area contributed by atoms with Crippen molar-refractivity contribution >= 4 is 39.3 Å². The standard InChI is InChI=1S/C33H41BrN4O7/c1-2-44-24-10-8-22(9-11-24)36-30(40)26-27-32(42)38(23(20-39)18-21-6-4-3-5-7-21)29(33(27)19-25(34)28(26)45-33)31(41)35-12-13-37-14-16-43-17-15-37/h3-11,23,25-29,39H,2,12-20H2,1H3,(H,35,41)(H,36,40)/t23-,25?,26-,27+,28-,29?,33?/m1/s1. The largest absolute Gasteiger partial charge is 0.494 e. The first-order chi connectivity index (χ1) is 21.9. The summed E-state index contributed by atoms with van der Waals surface area (Å²) in [7, 11) is 0. The number of carbonyl (C=O) groups is 3. The second-order valence-electron chi connectivity index (χ2n) is 12.1. The molecule has 12 heteroatoms. The van der Waals surface area contributed by atoms with Crippen LogP contribution in [0.5, 0.6) is 5.75 Å². The number of alkyl halides is 1. The van der Waals surface area contributed by atoms with Crippen molar-refractivity contribution in [2.24, 2.45) is 11.8 Å². The van der Waals surface area contributed by atoms with Crippen LogP contribution in [0.1, 0.15) is 18.9 Å². The number of nitrogens with zero attached hydrogens (tertiary/aromatic N) is 2. The van der Waals surface area contributed by atoms with E-state index < -0.39 is 35.6 Å². The van der Waals surface area contributed by atoms with Crippen LogP contribution in [-0.4, -0.2) is 114 Å². The van der Waals surface area contributed by atoms with Crippen LogP contribution in [0.4, 0.5) is 5.69 Å². The van der Waals surface area contributed by atoms with Gasteiger partial charge in [0, 0.05) is 36.7 Å². The number of likely N-dealkylation sites (tertiary alicyclic amines) is 1. The lowest BCUT2D eigenvalue weighted by Crippen LogP contribution is -2.59. The third-order valence-electron chi connectivity index (χ3n) is 9.46. The summed E-state index contributed by atoms with van der Waals surface area (Å²) in [6, 6.07) is 15.0. The summed E-state index contributed by atoms with van der Waals surface area (Å²) in [6.45, 7) is 6.03. The molecular weight excluding hydrogens is 644 g/mol. The van der Waals surface area contributed by atoms with Crippen LogP contribution in [-0.2, 0) is 30.3 Å². The molecule has 0 aromatic heterocycles. The Labute approximate surface area is 271 Å². The van der Waals surface area contributed by atoms with Crippen LogP contribution < -0.4 is 15.4 Å². The van der Waals surface area contributed by atoms with E-state index in [0.29, 0.717) is 57.2 Å². The minimum Gasteiger partial charge on any atom is -0.494 e. The molecule has 0 radical (unpaired) electrons. The van der Waals surface area contributed by atoms with Crippen LogP contribution in [0.15, 0.2) is 54.6 Å². The number of halogens is 1. The Morgan fingerprint density at radius 1 is 1.11 bits per heavy atom. The van der Waals surface area contributed by atoms with Crippen molar-refractivity contribution < 1.29 is 33.7 Å². The van der Waals surface area contributed by atoms with Crippen LogP contribution >= 0.6 is 15.9 Å². The molecule has 4 fully saturated rings. The summed E-state index contributed by atoms with van der Waals surface area (Å²) in [6.07, 6.45) is 0.157. The Morgan fingerprint density at radius 2 is 1.84 bits per heavy atom. The molecule has 45 heavy (non-hydrogen) atoms. The summed E-state index contributed by atoms with van der Waals surface area (Å²) < 4.78 is 17.6. The Bertz CT molecular complexity index is 1360. The van der Waals surface area contributed by atoms with Gasteiger partial charge in [-0.15, -0.1) is 0 Å². The molecule has 11 nitrogen and oxygen atoms in total.